The Morgan fingerprint density at radius 2 is 2.08 bits per heavy atom. The fourth-order valence-corrected chi connectivity index (χ4v) is 0.956. The summed E-state index contributed by atoms with van der Waals surface area (Å²) in [6, 6.07) is 0. The summed E-state index contributed by atoms with van der Waals surface area (Å²) in [4.78, 5) is 0. The van der Waals surface area contributed by atoms with E-state index in [0.717, 1.165) is 18.8 Å². The van der Waals surface area contributed by atoms with Crippen molar-refractivity contribution in [2.75, 3.05) is 6.61 Å². The minimum absolute atomic E-state index is 0.719. The van der Waals surface area contributed by atoms with Crippen molar-refractivity contribution in [1.82, 2.24) is 0 Å². The molecule has 0 aliphatic rings. The summed E-state index contributed by atoms with van der Waals surface area (Å²) in [6.07, 6.45) is 10.3. The van der Waals surface area contributed by atoms with Gasteiger partial charge in [0.2, 0.25) is 0 Å². The zero-order valence-corrected chi connectivity index (χ0v) is 8.59. The Morgan fingerprint density at radius 1 is 1.31 bits per heavy atom. The number of allylic oxidation sites excluding steroid dienone is 3. The van der Waals surface area contributed by atoms with Crippen molar-refractivity contribution in [2.24, 2.45) is 0 Å². The molecule has 0 atom stereocenters. The van der Waals surface area contributed by atoms with E-state index in [4.69, 9.17) is 4.74 Å². The third kappa shape index (κ3) is 8.93. The first-order valence-electron chi connectivity index (χ1n) is 4.92. The van der Waals surface area contributed by atoms with Crippen LogP contribution >= 0.6 is 0 Å². The van der Waals surface area contributed by atoms with E-state index in [1.165, 1.54) is 19.3 Å². The summed E-state index contributed by atoms with van der Waals surface area (Å²) in [7, 11) is 0. The minimum Gasteiger partial charge on any atom is -0.494 e. The van der Waals surface area contributed by atoms with Gasteiger partial charge >= 0.3 is 0 Å². The Balaban J connectivity index is 3.26. The molecule has 0 aliphatic heterocycles. The van der Waals surface area contributed by atoms with Crippen LogP contribution < -0.4 is 0 Å². The number of hydrogen-bond donors (Lipinski definition) is 0. The van der Waals surface area contributed by atoms with Gasteiger partial charge < -0.3 is 4.74 Å². The van der Waals surface area contributed by atoms with E-state index in [1.807, 2.05) is 12.2 Å². The van der Waals surface area contributed by atoms with Gasteiger partial charge in [-0.15, -0.1) is 0 Å². The lowest BCUT2D eigenvalue weighted by Crippen LogP contribution is -1.91. The molecule has 1 nitrogen and oxygen atoms in total. The number of hydrogen-bond acceptors (Lipinski definition) is 1. The number of rotatable bonds is 8. The molecule has 0 bridgehead atoms. The topological polar surface area (TPSA) is 9.23 Å². The second kappa shape index (κ2) is 9.11. The summed E-state index contributed by atoms with van der Waals surface area (Å²) >= 11 is 0. The lowest BCUT2D eigenvalue weighted by Gasteiger charge is -2.04. The molecule has 1 heteroatoms. The first kappa shape index (κ1) is 12.0. The maximum atomic E-state index is 5.36. The summed E-state index contributed by atoms with van der Waals surface area (Å²) in [5, 5.41) is 0. The highest BCUT2D eigenvalue weighted by Crippen LogP contribution is 2.02. The Bertz CT molecular complexity index is 168. The van der Waals surface area contributed by atoms with Crippen molar-refractivity contribution in [3.63, 3.8) is 0 Å². The van der Waals surface area contributed by atoms with Crippen LogP contribution in [0.25, 0.3) is 0 Å². The van der Waals surface area contributed by atoms with Gasteiger partial charge in [0.25, 0.3) is 0 Å². The molecule has 0 spiro atoms. The van der Waals surface area contributed by atoms with Gasteiger partial charge in [-0.3, -0.25) is 0 Å². The number of unbranched alkanes of at least 4 members (excludes halogenated alkanes) is 3. The molecule has 0 aromatic heterocycles. The van der Waals surface area contributed by atoms with Crippen molar-refractivity contribution in [3.05, 3.63) is 37.1 Å². The smallest absolute Gasteiger partial charge is 0.112 e. The molecule has 0 aromatic carbocycles. The molecule has 0 fully saturated rings. The molecule has 0 unspecified atom stereocenters. The Morgan fingerprint density at radius 3 is 2.69 bits per heavy atom. The molecule has 74 valence electrons. The molecule has 0 heterocycles. The van der Waals surface area contributed by atoms with Gasteiger partial charge in [-0.2, -0.15) is 0 Å². The lowest BCUT2D eigenvalue weighted by atomic mass is 10.2. The third-order valence-electron chi connectivity index (χ3n) is 1.70. The number of ether oxygens (including phenoxy) is 1. The van der Waals surface area contributed by atoms with Crippen LogP contribution in [0, 0.1) is 0 Å². The second-order valence-corrected chi connectivity index (χ2v) is 2.97. The normalized spacial score (nSPS) is 10.2. The maximum Gasteiger partial charge on any atom is 0.112 e. The van der Waals surface area contributed by atoms with Crippen LogP contribution in [-0.2, 0) is 4.74 Å². The van der Waals surface area contributed by atoms with E-state index in [0.29, 0.717) is 0 Å². The van der Waals surface area contributed by atoms with E-state index in [2.05, 4.69) is 20.1 Å². The van der Waals surface area contributed by atoms with Crippen molar-refractivity contribution in [1.29, 1.82) is 0 Å². The van der Waals surface area contributed by atoms with Crippen LogP contribution in [0.4, 0.5) is 0 Å². The van der Waals surface area contributed by atoms with E-state index in [1.54, 1.807) is 6.08 Å². The monoisotopic (exact) mass is 180 g/mol. The summed E-state index contributed by atoms with van der Waals surface area (Å²) < 4.78 is 5.36. The Labute approximate surface area is 81.8 Å². The van der Waals surface area contributed by atoms with Crippen LogP contribution in [0.3, 0.4) is 0 Å². The Kier molecular flexibility index (Phi) is 8.42. The van der Waals surface area contributed by atoms with Crippen LogP contribution in [-0.4, -0.2) is 6.61 Å². The molecule has 0 saturated heterocycles. The van der Waals surface area contributed by atoms with Gasteiger partial charge in [-0.25, -0.2) is 0 Å². The van der Waals surface area contributed by atoms with E-state index < -0.39 is 0 Å². The predicted molar refractivity (Wildman–Crippen MR) is 58.6 cm³/mol. The predicted octanol–water partition coefficient (Wildman–Crippen LogP) is 3.84. The lowest BCUT2D eigenvalue weighted by molar-refractivity contribution is 0.218. The van der Waals surface area contributed by atoms with Gasteiger partial charge in [0.1, 0.15) is 5.76 Å². The molecule has 0 N–H and O–H groups in total. The van der Waals surface area contributed by atoms with Gasteiger partial charge in [-0.05, 0) is 12.5 Å². The molecule has 0 saturated carbocycles. The molecule has 0 radical (unpaired) electrons. The molecule has 0 aliphatic carbocycles. The zero-order valence-electron chi connectivity index (χ0n) is 8.59. The standard InChI is InChI=1S/C12H20O/c1-4-6-8-9-11-13-12(3)10-7-5-2/h5,7,10H,2-4,6,8-9,11H2,1H3/b10-7-. The van der Waals surface area contributed by atoms with Crippen LogP contribution in [0.2, 0.25) is 0 Å². The van der Waals surface area contributed by atoms with Gasteiger partial charge in [-0.1, -0.05) is 51.5 Å². The molecule has 0 aromatic rings. The molecule has 0 rings (SSSR count). The molecular formula is C12H20O. The zero-order chi connectivity index (χ0) is 9.94. The van der Waals surface area contributed by atoms with Crippen molar-refractivity contribution in [2.45, 2.75) is 32.6 Å². The van der Waals surface area contributed by atoms with Gasteiger partial charge in [0.15, 0.2) is 0 Å². The highest BCUT2D eigenvalue weighted by Gasteiger charge is 1.89. The molecular weight excluding hydrogens is 160 g/mol. The summed E-state index contributed by atoms with van der Waals surface area (Å²) in [5.41, 5.74) is 0. The molecule has 13 heavy (non-hydrogen) atoms. The summed E-state index contributed by atoms with van der Waals surface area (Å²) in [5.74, 6) is 0.719. The highest BCUT2D eigenvalue weighted by molar-refractivity contribution is 5.12. The quantitative estimate of drug-likeness (QED) is 0.313. The van der Waals surface area contributed by atoms with Crippen LogP contribution in [0.15, 0.2) is 37.1 Å². The first-order chi connectivity index (χ1) is 6.31. The van der Waals surface area contributed by atoms with Gasteiger partial charge in [0, 0.05) is 0 Å². The van der Waals surface area contributed by atoms with E-state index in [9.17, 15) is 0 Å². The van der Waals surface area contributed by atoms with Gasteiger partial charge in [0.05, 0.1) is 6.61 Å². The molecule has 0 amide bonds. The maximum absolute atomic E-state index is 5.36. The van der Waals surface area contributed by atoms with Crippen molar-refractivity contribution < 1.29 is 4.74 Å². The third-order valence-corrected chi connectivity index (χ3v) is 1.70. The minimum atomic E-state index is 0.719. The van der Waals surface area contributed by atoms with E-state index >= 15 is 0 Å². The van der Waals surface area contributed by atoms with Crippen molar-refractivity contribution in [3.8, 4) is 0 Å². The van der Waals surface area contributed by atoms with Crippen LogP contribution in [0.1, 0.15) is 32.6 Å². The fourth-order valence-electron chi connectivity index (χ4n) is 0.956. The van der Waals surface area contributed by atoms with Crippen LogP contribution in [0.5, 0.6) is 0 Å². The average Bonchev–Trinajstić information content (AvgIpc) is 2.14. The largest absolute Gasteiger partial charge is 0.494 e. The van der Waals surface area contributed by atoms with E-state index in [-0.39, 0.29) is 0 Å². The van der Waals surface area contributed by atoms with Crippen molar-refractivity contribution >= 4 is 0 Å². The first-order valence-corrected chi connectivity index (χ1v) is 4.92. The Hall–Kier alpha value is -0.980. The second-order valence-electron chi connectivity index (χ2n) is 2.97. The highest BCUT2D eigenvalue weighted by atomic mass is 16.5. The average molecular weight is 180 g/mol. The SMILES string of the molecule is C=C/C=C\C(=C)OCCCCCC. The summed E-state index contributed by atoms with van der Waals surface area (Å²) in [6.45, 7) is 10.3. The fraction of sp³-hybridized carbons (Fsp3) is 0.500.